The summed E-state index contributed by atoms with van der Waals surface area (Å²) < 4.78 is 6.55. The molecule has 1 N–H and O–H groups in total. The maximum Gasteiger partial charge on any atom is 0.138 e. The van der Waals surface area contributed by atoms with Crippen LogP contribution >= 0.6 is 11.8 Å². The Kier molecular flexibility index (Phi) is 2.97. The van der Waals surface area contributed by atoms with Crippen LogP contribution in [0.1, 0.15) is 18.4 Å². The van der Waals surface area contributed by atoms with E-state index in [0.717, 1.165) is 31.7 Å². The summed E-state index contributed by atoms with van der Waals surface area (Å²) >= 11 is 1.83. The topological polar surface area (TPSA) is 21.3 Å². The molecule has 0 aromatic heterocycles. The average Bonchev–Trinajstić information content (AvgIpc) is 2.63. The molecule has 0 amide bonds. The predicted molar refractivity (Wildman–Crippen MR) is 81.4 cm³/mol. The summed E-state index contributed by atoms with van der Waals surface area (Å²) in [6, 6.07) is 17.1. The smallest absolute Gasteiger partial charge is 0.138 e. The third-order valence-corrected chi connectivity index (χ3v) is 5.30. The van der Waals surface area contributed by atoms with Crippen molar-refractivity contribution in [3.05, 3.63) is 54.1 Å². The Bertz CT molecular complexity index is 634. The zero-order valence-electron chi connectivity index (χ0n) is 11.3. The molecule has 0 saturated carbocycles. The van der Waals surface area contributed by atoms with Crippen molar-refractivity contribution in [3.63, 3.8) is 0 Å². The van der Waals surface area contributed by atoms with Crippen LogP contribution in [0.25, 0.3) is 0 Å². The van der Waals surface area contributed by atoms with Crippen LogP contribution in [-0.2, 0) is 5.60 Å². The lowest BCUT2D eigenvalue weighted by Crippen LogP contribution is -2.44. The van der Waals surface area contributed by atoms with E-state index in [1.807, 2.05) is 11.8 Å². The minimum absolute atomic E-state index is 0.165. The maximum atomic E-state index is 6.55. The summed E-state index contributed by atoms with van der Waals surface area (Å²) in [4.78, 5) is 2.55. The number of benzene rings is 2. The van der Waals surface area contributed by atoms with Crippen LogP contribution in [0.3, 0.4) is 0 Å². The molecule has 3 heteroatoms. The number of hydrogen-bond acceptors (Lipinski definition) is 3. The van der Waals surface area contributed by atoms with Crippen molar-refractivity contribution in [1.82, 2.24) is 5.32 Å². The van der Waals surface area contributed by atoms with E-state index in [4.69, 9.17) is 4.74 Å². The van der Waals surface area contributed by atoms with Gasteiger partial charge in [-0.05, 0) is 31.3 Å². The first-order valence-electron chi connectivity index (χ1n) is 7.14. The highest BCUT2D eigenvalue weighted by molar-refractivity contribution is 7.99. The number of piperidine rings is 1. The van der Waals surface area contributed by atoms with Crippen molar-refractivity contribution in [3.8, 4) is 5.75 Å². The zero-order valence-corrected chi connectivity index (χ0v) is 12.1. The van der Waals surface area contributed by atoms with Gasteiger partial charge in [0.15, 0.2) is 0 Å². The number of rotatable bonds is 0. The molecule has 1 saturated heterocycles. The number of para-hydroxylation sites is 1. The summed E-state index contributed by atoms with van der Waals surface area (Å²) in [5.41, 5.74) is 1.18. The van der Waals surface area contributed by atoms with Crippen LogP contribution in [0.5, 0.6) is 5.75 Å². The molecule has 2 aromatic carbocycles. The normalized spacial score (nSPS) is 19.6. The van der Waals surface area contributed by atoms with Gasteiger partial charge in [0.2, 0.25) is 0 Å². The Morgan fingerprint density at radius 1 is 0.900 bits per heavy atom. The highest BCUT2D eigenvalue weighted by Crippen LogP contribution is 2.48. The molecule has 2 aliphatic heterocycles. The molecule has 4 rings (SSSR count). The molecule has 0 unspecified atom stereocenters. The molecule has 0 aliphatic carbocycles. The van der Waals surface area contributed by atoms with Crippen LogP contribution in [0.2, 0.25) is 0 Å². The van der Waals surface area contributed by atoms with Crippen molar-refractivity contribution >= 4 is 11.8 Å². The fourth-order valence-electron chi connectivity index (χ4n) is 3.14. The third-order valence-electron chi connectivity index (χ3n) is 4.16. The largest absolute Gasteiger partial charge is 0.481 e. The van der Waals surface area contributed by atoms with Gasteiger partial charge in [0.1, 0.15) is 11.4 Å². The van der Waals surface area contributed by atoms with E-state index in [9.17, 15) is 0 Å². The van der Waals surface area contributed by atoms with Crippen molar-refractivity contribution in [2.24, 2.45) is 0 Å². The minimum Gasteiger partial charge on any atom is -0.481 e. The van der Waals surface area contributed by atoms with Gasteiger partial charge < -0.3 is 10.1 Å². The number of nitrogens with one attached hydrogen (secondary N) is 1. The Morgan fingerprint density at radius 2 is 1.60 bits per heavy atom. The van der Waals surface area contributed by atoms with Crippen LogP contribution < -0.4 is 10.1 Å². The van der Waals surface area contributed by atoms with E-state index in [1.165, 1.54) is 15.4 Å². The maximum absolute atomic E-state index is 6.55. The van der Waals surface area contributed by atoms with Gasteiger partial charge in [-0.15, -0.1) is 0 Å². The summed E-state index contributed by atoms with van der Waals surface area (Å²) in [5.74, 6) is 1.02. The van der Waals surface area contributed by atoms with Gasteiger partial charge in [0, 0.05) is 23.3 Å². The van der Waals surface area contributed by atoms with E-state index in [-0.39, 0.29) is 5.60 Å². The Balaban J connectivity index is 1.90. The lowest BCUT2D eigenvalue weighted by molar-refractivity contribution is 0.0291. The molecule has 0 radical (unpaired) electrons. The van der Waals surface area contributed by atoms with Gasteiger partial charge in [-0.1, -0.05) is 42.1 Å². The van der Waals surface area contributed by atoms with Crippen LogP contribution in [-0.4, -0.2) is 13.1 Å². The van der Waals surface area contributed by atoms with Crippen molar-refractivity contribution in [2.75, 3.05) is 13.1 Å². The standard InChI is InChI=1S/C17H17NOS/c1-3-7-15-13(5-1)17(9-11-18-12-10-17)19-14-6-2-4-8-16(14)20-15/h1-8,18H,9-12H2. The fraction of sp³-hybridized carbons (Fsp3) is 0.294. The SMILES string of the molecule is c1ccc2c(c1)OC1(CCNCC1)c1ccccc1S2. The second-order valence-corrected chi connectivity index (χ2v) is 6.48. The molecule has 102 valence electrons. The predicted octanol–water partition coefficient (Wildman–Crippen LogP) is 3.81. The fourth-order valence-corrected chi connectivity index (χ4v) is 4.24. The van der Waals surface area contributed by atoms with Crippen molar-refractivity contribution < 1.29 is 4.74 Å². The zero-order chi connectivity index (χ0) is 13.4. The van der Waals surface area contributed by atoms with Gasteiger partial charge >= 0.3 is 0 Å². The van der Waals surface area contributed by atoms with Gasteiger partial charge in [-0.3, -0.25) is 0 Å². The number of fused-ring (bicyclic) bond motifs is 3. The molecule has 1 fully saturated rings. The lowest BCUT2D eigenvalue weighted by Gasteiger charge is -2.38. The molecule has 20 heavy (non-hydrogen) atoms. The molecule has 2 heterocycles. The highest BCUT2D eigenvalue weighted by atomic mass is 32.2. The second-order valence-electron chi connectivity index (χ2n) is 5.39. The highest BCUT2D eigenvalue weighted by Gasteiger charge is 2.40. The lowest BCUT2D eigenvalue weighted by atomic mass is 9.84. The second kappa shape index (κ2) is 4.83. The summed E-state index contributed by atoms with van der Waals surface area (Å²) in [6.45, 7) is 2.03. The monoisotopic (exact) mass is 283 g/mol. The van der Waals surface area contributed by atoms with Gasteiger partial charge in [-0.2, -0.15) is 0 Å². The summed E-state index contributed by atoms with van der Waals surface area (Å²) in [6.07, 6.45) is 2.05. The van der Waals surface area contributed by atoms with E-state index in [1.54, 1.807) is 0 Å². The molecule has 2 nitrogen and oxygen atoms in total. The Hall–Kier alpha value is -1.45. The Labute approximate surface area is 123 Å². The average molecular weight is 283 g/mol. The van der Waals surface area contributed by atoms with Gasteiger partial charge in [0.25, 0.3) is 0 Å². The number of hydrogen-bond donors (Lipinski definition) is 1. The van der Waals surface area contributed by atoms with E-state index >= 15 is 0 Å². The molecule has 0 bridgehead atoms. The first-order valence-corrected chi connectivity index (χ1v) is 7.95. The van der Waals surface area contributed by atoms with E-state index < -0.39 is 0 Å². The molecule has 0 atom stereocenters. The van der Waals surface area contributed by atoms with Crippen LogP contribution in [0.4, 0.5) is 0 Å². The molecular formula is C17H17NOS. The van der Waals surface area contributed by atoms with Gasteiger partial charge in [-0.25, -0.2) is 0 Å². The van der Waals surface area contributed by atoms with Gasteiger partial charge in [0.05, 0.1) is 4.90 Å². The Morgan fingerprint density at radius 3 is 2.45 bits per heavy atom. The first kappa shape index (κ1) is 12.3. The first-order chi connectivity index (χ1) is 9.87. The summed E-state index contributed by atoms with van der Waals surface area (Å²) in [5, 5.41) is 3.44. The van der Waals surface area contributed by atoms with Crippen molar-refractivity contribution in [2.45, 2.75) is 28.2 Å². The van der Waals surface area contributed by atoms with Crippen molar-refractivity contribution in [1.29, 1.82) is 0 Å². The number of ether oxygens (including phenoxy) is 1. The van der Waals surface area contributed by atoms with Crippen LogP contribution in [0.15, 0.2) is 58.3 Å². The van der Waals surface area contributed by atoms with Crippen LogP contribution in [0, 0.1) is 0 Å². The third kappa shape index (κ3) is 1.93. The molecular weight excluding hydrogens is 266 g/mol. The molecule has 2 aliphatic rings. The molecule has 1 spiro atoms. The van der Waals surface area contributed by atoms with E-state index in [0.29, 0.717) is 0 Å². The minimum atomic E-state index is -0.165. The van der Waals surface area contributed by atoms with E-state index in [2.05, 4.69) is 53.8 Å². The quantitative estimate of drug-likeness (QED) is 0.794. The summed E-state index contributed by atoms with van der Waals surface area (Å²) in [7, 11) is 0. The molecule has 2 aromatic rings.